The van der Waals surface area contributed by atoms with Gasteiger partial charge in [0.15, 0.2) is 0 Å². The van der Waals surface area contributed by atoms with E-state index in [0.717, 1.165) is 23.3 Å². The highest BCUT2D eigenvalue weighted by Crippen LogP contribution is 2.31. The fourth-order valence-electron chi connectivity index (χ4n) is 2.08. The van der Waals surface area contributed by atoms with Crippen LogP contribution in [0.4, 0.5) is 5.82 Å². The number of hydrogen-bond donors (Lipinski definition) is 3. The van der Waals surface area contributed by atoms with Crippen molar-refractivity contribution < 1.29 is 9.84 Å². The van der Waals surface area contributed by atoms with Crippen molar-refractivity contribution in [3.8, 4) is 5.75 Å². The first-order valence-electron chi connectivity index (χ1n) is 5.48. The van der Waals surface area contributed by atoms with Gasteiger partial charge in [-0.15, -0.1) is 0 Å². The molecule has 1 atom stereocenters. The predicted octanol–water partition coefficient (Wildman–Crippen LogP) is 1.01. The molecule has 0 saturated carbocycles. The molecule has 0 amide bonds. The van der Waals surface area contributed by atoms with Gasteiger partial charge in [0.05, 0.1) is 12.8 Å². The van der Waals surface area contributed by atoms with Crippen LogP contribution >= 0.6 is 0 Å². The summed E-state index contributed by atoms with van der Waals surface area (Å²) in [7, 11) is 0. The smallest absolute Gasteiger partial charge is 0.125 e. The second-order valence-electron chi connectivity index (χ2n) is 4.11. The summed E-state index contributed by atoms with van der Waals surface area (Å²) in [5.74, 6) is 1.30. The molecule has 0 radical (unpaired) electrons. The maximum atomic E-state index is 10.2. The van der Waals surface area contributed by atoms with Crippen molar-refractivity contribution in [3.63, 3.8) is 0 Å². The summed E-state index contributed by atoms with van der Waals surface area (Å²) in [6, 6.07) is 5.69. The summed E-state index contributed by atoms with van der Waals surface area (Å²) in [5, 5.41) is 16.6. The zero-order chi connectivity index (χ0) is 11.8. The molecule has 1 aliphatic rings. The molecule has 2 aromatic rings. The maximum absolute atomic E-state index is 10.2. The highest BCUT2D eigenvalue weighted by Gasteiger charge is 2.18. The standard InChI is InChI=1S/C12H13N3O2/c13-12-9(6-14-15-12)11(16)8-1-2-10-7(5-8)3-4-17-10/h1-2,5-6,11,16H,3-4H2,(H3,13,14,15). The number of H-pyrrole nitrogens is 1. The van der Waals surface area contributed by atoms with Gasteiger partial charge in [-0.2, -0.15) is 5.10 Å². The number of anilines is 1. The van der Waals surface area contributed by atoms with E-state index < -0.39 is 6.10 Å². The van der Waals surface area contributed by atoms with Crippen LogP contribution in [0, 0.1) is 0 Å². The van der Waals surface area contributed by atoms with E-state index in [1.54, 1.807) is 6.20 Å². The average molecular weight is 231 g/mol. The number of benzene rings is 1. The van der Waals surface area contributed by atoms with Crippen LogP contribution in [0.3, 0.4) is 0 Å². The summed E-state index contributed by atoms with van der Waals surface area (Å²) in [5.41, 5.74) is 8.23. The number of aromatic nitrogens is 2. The molecule has 5 nitrogen and oxygen atoms in total. The third-order valence-corrected chi connectivity index (χ3v) is 3.02. The van der Waals surface area contributed by atoms with Crippen LogP contribution in [-0.2, 0) is 6.42 Å². The van der Waals surface area contributed by atoms with E-state index in [4.69, 9.17) is 10.5 Å². The number of aliphatic hydroxyl groups is 1. The fourth-order valence-corrected chi connectivity index (χ4v) is 2.08. The molecule has 0 aliphatic carbocycles. The van der Waals surface area contributed by atoms with Crippen molar-refractivity contribution in [1.82, 2.24) is 10.2 Å². The van der Waals surface area contributed by atoms with Crippen LogP contribution in [0.2, 0.25) is 0 Å². The molecule has 5 heteroatoms. The van der Waals surface area contributed by atoms with E-state index >= 15 is 0 Å². The van der Waals surface area contributed by atoms with Crippen molar-refractivity contribution in [2.24, 2.45) is 0 Å². The number of nitrogens with two attached hydrogens (primary N) is 1. The Morgan fingerprint density at radius 1 is 1.47 bits per heavy atom. The van der Waals surface area contributed by atoms with Crippen molar-refractivity contribution in [3.05, 3.63) is 41.1 Å². The Morgan fingerprint density at radius 3 is 3.12 bits per heavy atom. The second kappa shape index (κ2) is 3.78. The summed E-state index contributed by atoms with van der Waals surface area (Å²) in [4.78, 5) is 0. The summed E-state index contributed by atoms with van der Waals surface area (Å²) in [6.45, 7) is 0.711. The molecule has 2 heterocycles. The molecule has 0 fully saturated rings. The molecule has 1 aromatic heterocycles. The number of rotatable bonds is 2. The van der Waals surface area contributed by atoms with Gasteiger partial charge in [0.25, 0.3) is 0 Å². The highest BCUT2D eigenvalue weighted by molar-refractivity contribution is 5.46. The van der Waals surface area contributed by atoms with Gasteiger partial charge in [0.2, 0.25) is 0 Å². The number of fused-ring (bicyclic) bond motifs is 1. The Kier molecular flexibility index (Phi) is 2.26. The molecule has 0 saturated heterocycles. The molecular weight excluding hydrogens is 218 g/mol. The van der Waals surface area contributed by atoms with Crippen molar-refractivity contribution >= 4 is 5.82 Å². The van der Waals surface area contributed by atoms with Gasteiger partial charge in [-0.1, -0.05) is 6.07 Å². The minimum atomic E-state index is -0.750. The third-order valence-electron chi connectivity index (χ3n) is 3.02. The molecule has 1 unspecified atom stereocenters. The van der Waals surface area contributed by atoms with E-state index in [-0.39, 0.29) is 0 Å². The second-order valence-corrected chi connectivity index (χ2v) is 4.11. The zero-order valence-electron chi connectivity index (χ0n) is 9.18. The van der Waals surface area contributed by atoms with Gasteiger partial charge < -0.3 is 15.6 Å². The first-order chi connectivity index (χ1) is 8.25. The summed E-state index contributed by atoms with van der Waals surface area (Å²) >= 11 is 0. The van der Waals surface area contributed by atoms with Gasteiger partial charge in [-0.3, -0.25) is 5.10 Å². The minimum Gasteiger partial charge on any atom is -0.493 e. The maximum Gasteiger partial charge on any atom is 0.125 e. The van der Waals surface area contributed by atoms with Crippen LogP contribution in [0.5, 0.6) is 5.75 Å². The lowest BCUT2D eigenvalue weighted by Gasteiger charge is -2.11. The van der Waals surface area contributed by atoms with Crippen LogP contribution < -0.4 is 10.5 Å². The van der Waals surface area contributed by atoms with E-state index in [1.807, 2.05) is 18.2 Å². The van der Waals surface area contributed by atoms with Crippen LogP contribution in [0.1, 0.15) is 22.8 Å². The highest BCUT2D eigenvalue weighted by atomic mass is 16.5. The van der Waals surface area contributed by atoms with Crippen LogP contribution in [-0.4, -0.2) is 21.9 Å². The van der Waals surface area contributed by atoms with E-state index in [2.05, 4.69) is 10.2 Å². The van der Waals surface area contributed by atoms with E-state index in [9.17, 15) is 5.11 Å². The molecule has 3 rings (SSSR count). The van der Waals surface area contributed by atoms with Gasteiger partial charge in [0.1, 0.15) is 17.7 Å². The lowest BCUT2D eigenvalue weighted by Crippen LogP contribution is -2.02. The normalized spacial score (nSPS) is 15.4. The third kappa shape index (κ3) is 1.64. The van der Waals surface area contributed by atoms with Gasteiger partial charge in [-0.25, -0.2) is 0 Å². The van der Waals surface area contributed by atoms with Crippen molar-refractivity contribution in [1.29, 1.82) is 0 Å². The Hall–Kier alpha value is -2.01. The number of nitrogen functional groups attached to an aromatic ring is 1. The number of aliphatic hydroxyl groups excluding tert-OH is 1. The Balaban J connectivity index is 1.97. The van der Waals surface area contributed by atoms with Gasteiger partial charge in [-0.05, 0) is 23.3 Å². The topological polar surface area (TPSA) is 84.2 Å². The predicted molar refractivity (Wildman–Crippen MR) is 62.7 cm³/mol. The Bertz CT molecular complexity index is 550. The minimum absolute atomic E-state index is 0.397. The number of ether oxygens (including phenoxy) is 1. The first-order valence-corrected chi connectivity index (χ1v) is 5.48. The first kappa shape index (κ1) is 10.2. The Morgan fingerprint density at radius 2 is 2.35 bits per heavy atom. The quantitative estimate of drug-likeness (QED) is 0.720. The number of hydrogen-bond acceptors (Lipinski definition) is 4. The van der Waals surface area contributed by atoms with Crippen LogP contribution in [0.15, 0.2) is 24.4 Å². The molecule has 1 aromatic carbocycles. The van der Waals surface area contributed by atoms with E-state index in [1.165, 1.54) is 0 Å². The number of aromatic amines is 1. The lowest BCUT2D eigenvalue weighted by molar-refractivity contribution is 0.221. The summed E-state index contributed by atoms with van der Waals surface area (Å²) in [6.07, 6.45) is 1.68. The SMILES string of the molecule is Nc1[nH]ncc1C(O)c1ccc2c(c1)CCO2. The van der Waals surface area contributed by atoms with Crippen molar-refractivity contribution in [2.75, 3.05) is 12.3 Å². The number of nitrogens with one attached hydrogen (secondary N) is 1. The van der Waals surface area contributed by atoms with E-state index in [0.29, 0.717) is 18.0 Å². The monoisotopic (exact) mass is 231 g/mol. The molecule has 4 N–H and O–H groups in total. The Labute approximate surface area is 98.2 Å². The number of nitrogens with zero attached hydrogens (tertiary/aromatic N) is 1. The van der Waals surface area contributed by atoms with Crippen molar-refractivity contribution in [2.45, 2.75) is 12.5 Å². The fraction of sp³-hybridized carbons (Fsp3) is 0.250. The largest absolute Gasteiger partial charge is 0.493 e. The molecule has 1 aliphatic heterocycles. The molecule has 88 valence electrons. The molecule has 0 bridgehead atoms. The van der Waals surface area contributed by atoms with Gasteiger partial charge >= 0.3 is 0 Å². The van der Waals surface area contributed by atoms with Gasteiger partial charge in [0, 0.05) is 12.0 Å². The molecular formula is C12H13N3O2. The molecule has 17 heavy (non-hydrogen) atoms. The zero-order valence-corrected chi connectivity index (χ0v) is 9.18. The van der Waals surface area contributed by atoms with Crippen LogP contribution in [0.25, 0.3) is 0 Å². The average Bonchev–Trinajstić information content (AvgIpc) is 2.95. The lowest BCUT2D eigenvalue weighted by atomic mass is 10.0. The molecule has 0 spiro atoms. The summed E-state index contributed by atoms with van der Waals surface area (Å²) < 4.78 is 5.42.